The molecule has 1 aliphatic rings. The second-order valence-electron chi connectivity index (χ2n) is 5.22. The Morgan fingerprint density at radius 1 is 1.24 bits per heavy atom. The Morgan fingerprint density at radius 3 is 2.86 bits per heavy atom. The van der Waals surface area contributed by atoms with Gasteiger partial charge in [-0.3, -0.25) is 4.79 Å². The fourth-order valence-corrected chi connectivity index (χ4v) is 3.03. The van der Waals surface area contributed by atoms with Crippen LogP contribution in [0.25, 0.3) is 0 Å². The third-order valence-electron chi connectivity index (χ3n) is 3.78. The minimum atomic E-state index is 0.185. The first-order valence-corrected chi connectivity index (χ1v) is 7.44. The second-order valence-corrected chi connectivity index (χ2v) is 5.58. The highest BCUT2D eigenvalue weighted by molar-refractivity contribution is 6.32. The van der Waals surface area contributed by atoms with E-state index in [1.807, 2.05) is 12.1 Å². The summed E-state index contributed by atoms with van der Waals surface area (Å²) in [4.78, 5) is 19.6. The van der Waals surface area contributed by atoms with Gasteiger partial charge < -0.3 is 5.32 Å². The SMILES string of the molecule is Cc1nc(Cl)c(C=O)c(Nc2cccc3c2CCCC3)n1. The lowest BCUT2D eigenvalue weighted by molar-refractivity contribution is 0.112. The lowest BCUT2D eigenvalue weighted by atomic mass is 9.90. The number of carbonyl (C=O) groups is 1. The van der Waals surface area contributed by atoms with E-state index in [4.69, 9.17) is 11.6 Å². The molecule has 0 saturated heterocycles. The second kappa shape index (κ2) is 5.82. The van der Waals surface area contributed by atoms with Gasteiger partial charge in [0.15, 0.2) is 6.29 Å². The number of halogens is 1. The Hall–Kier alpha value is -1.94. The molecule has 1 aromatic carbocycles. The normalized spacial score (nSPS) is 13.6. The molecule has 108 valence electrons. The van der Waals surface area contributed by atoms with Gasteiger partial charge in [0.25, 0.3) is 0 Å². The third-order valence-corrected chi connectivity index (χ3v) is 4.07. The number of carbonyl (C=O) groups excluding carboxylic acids is 1. The molecular weight excluding hydrogens is 286 g/mol. The minimum absolute atomic E-state index is 0.185. The van der Waals surface area contributed by atoms with Crippen molar-refractivity contribution in [3.8, 4) is 0 Å². The largest absolute Gasteiger partial charge is 0.339 e. The Bertz CT molecular complexity index is 700. The summed E-state index contributed by atoms with van der Waals surface area (Å²) in [6.07, 6.45) is 5.27. The van der Waals surface area contributed by atoms with E-state index in [-0.39, 0.29) is 5.15 Å². The number of hydrogen-bond donors (Lipinski definition) is 1. The van der Waals surface area contributed by atoms with E-state index in [0.29, 0.717) is 23.5 Å². The summed E-state index contributed by atoms with van der Waals surface area (Å²) >= 11 is 6.02. The summed E-state index contributed by atoms with van der Waals surface area (Å²) in [5.41, 5.74) is 3.99. The zero-order valence-electron chi connectivity index (χ0n) is 11.8. The summed E-state index contributed by atoms with van der Waals surface area (Å²) in [7, 11) is 0. The van der Waals surface area contributed by atoms with E-state index < -0.39 is 0 Å². The molecule has 0 amide bonds. The molecule has 0 atom stereocenters. The molecule has 3 rings (SSSR count). The van der Waals surface area contributed by atoms with Crippen LogP contribution in [0.5, 0.6) is 0 Å². The van der Waals surface area contributed by atoms with Gasteiger partial charge >= 0.3 is 0 Å². The zero-order chi connectivity index (χ0) is 14.8. The third kappa shape index (κ3) is 2.76. The smallest absolute Gasteiger partial charge is 0.156 e. The molecule has 0 unspecified atom stereocenters. The maximum absolute atomic E-state index is 11.2. The molecular formula is C16H16ClN3O. The van der Waals surface area contributed by atoms with Crippen molar-refractivity contribution in [1.82, 2.24) is 9.97 Å². The van der Waals surface area contributed by atoms with Crippen molar-refractivity contribution < 1.29 is 4.79 Å². The average Bonchev–Trinajstić information content (AvgIpc) is 2.47. The van der Waals surface area contributed by atoms with Crippen molar-refractivity contribution in [3.63, 3.8) is 0 Å². The summed E-state index contributed by atoms with van der Waals surface area (Å²) in [5.74, 6) is 1.01. The molecule has 0 radical (unpaired) electrons. The van der Waals surface area contributed by atoms with Crippen LogP contribution in [0.2, 0.25) is 5.15 Å². The van der Waals surface area contributed by atoms with E-state index in [2.05, 4.69) is 21.4 Å². The first-order chi connectivity index (χ1) is 10.2. The zero-order valence-corrected chi connectivity index (χ0v) is 12.6. The standard InChI is InChI=1S/C16H16ClN3O/c1-10-18-15(17)13(9-21)16(19-10)20-14-8-4-6-11-5-2-3-7-12(11)14/h4,6,8-9H,2-3,5,7H2,1H3,(H,18,19,20). The highest BCUT2D eigenvalue weighted by Gasteiger charge is 2.16. The summed E-state index contributed by atoms with van der Waals surface area (Å²) in [5, 5.41) is 3.45. The topological polar surface area (TPSA) is 54.9 Å². The maximum atomic E-state index is 11.2. The molecule has 0 aliphatic heterocycles. The number of anilines is 2. The number of hydrogen-bond acceptors (Lipinski definition) is 4. The molecule has 21 heavy (non-hydrogen) atoms. The van der Waals surface area contributed by atoms with Crippen molar-refractivity contribution in [3.05, 3.63) is 45.9 Å². The Kier molecular flexibility index (Phi) is 3.88. The van der Waals surface area contributed by atoms with Crippen molar-refractivity contribution in [2.24, 2.45) is 0 Å². The van der Waals surface area contributed by atoms with Gasteiger partial charge in [0.1, 0.15) is 16.8 Å². The van der Waals surface area contributed by atoms with E-state index in [0.717, 1.165) is 18.5 Å². The number of benzene rings is 1. The Labute approximate surface area is 128 Å². The van der Waals surface area contributed by atoms with Gasteiger partial charge in [0.2, 0.25) is 0 Å². The first-order valence-electron chi connectivity index (χ1n) is 7.06. The van der Waals surface area contributed by atoms with Gasteiger partial charge in [-0.25, -0.2) is 9.97 Å². The van der Waals surface area contributed by atoms with E-state index in [1.54, 1.807) is 6.92 Å². The van der Waals surface area contributed by atoms with Crippen LogP contribution in [0, 0.1) is 6.92 Å². The van der Waals surface area contributed by atoms with Crippen molar-refractivity contribution in [2.75, 3.05) is 5.32 Å². The lowest BCUT2D eigenvalue weighted by Gasteiger charge is -2.20. The van der Waals surface area contributed by atoms with E-state index in [1.165, 1.54) is 24.0 Å². The molecule has 0 fully saturated rings. The highest BCUT2D eigenvalue weighted by atomic mass is 35.5. The van der Waals surface area contributed by atoms with Crippen LogP contribution >= 0.6 is 11.6 Å². The summed E-state index contributed by atoms with van der Waals surface area (Å²) in [6, 6.07) is 6.21. The first kappa shape index (κ1) is 14.0. The number of nitrogens with zero attached hydrogens (tertiary/aromatic N) is 2. The molecule has 0 saturated carbocycles. The van der Waals surface area contributed by atoms with Crippen LogP contribution in [0.3, 0.4) is 0 Å². The van der Waals surface area contributed by atoms with Crippen molar-refractivity contribution in [1.29, 1.82) is 0 Å². The fourth-order valence-electron chi connectivity index (χ4n) is 2.77. The molecule has 2 aromatic rings. The predicted octanol–water partition coefficient (Wildman–Crippen LogP) is 3.87. The van der Waals surface area contributed by atoms with Crippen LogP contribution in [-0.4, -0.2) is 16.3 Å². The Morgan fingerprint density at radius 2 is 2.05 bits per heavy atom. The predicted molar refractivity (Wildman–Crippen MR) is 83.5 cm³/mol. The molecule has 5 heteroatoms. The number of aromatic nitrogens is 2. The van der Waals surface area contributed by atoms with Crippen LogP contribution in [0.4, 0.5) is 11.5 Å². The number of aldehydes is 1. The van der Waals surface area contributed by atoms with Crippen LogP contribution in [0.1, 0.15) is 40.2 Å². The number of aryl methyl sites for hydroxylation is 2. The number of rotatable bonds is 3. The quantitative estimate of drug-likeness (QED) is 0.690. The van der Waals surface area contributed by atoms with Gasteiger partial charge in [-0.2, -0.15) is 0 Å². The number of nitrogens with one attached hydrogen (secondary N) is 1. The van der Waals surface area contributed by atoms with Gasteiger partial charge in [0.05, 0.1) is 5.56 Å². The maximum Gasteiger partial charge on any atom is 0.156 e. The molecule has 1 aliphatic carbocycles. The summed E-state index contributed by atoms with van der Waals surface area (Å²) < 4.78 is 0. The van der Waals surface area contributed by atoms with Crippen molar-refractivity contribution >= 4 is 29.4 Å². The number of fused-ring (bicyclic) bond motifs is 1. The van der Waals surface area contributed by atoms with Crippen LogP contribution < -0.4 is 5.32 Å². The van der Waals surface area contributed by atoms with E-state index >= 15 is 0 Å². The molecule has 0 bridgehead atoms. The van der Waals surface area contributed by atoms with E-state index in [9.17, 15) is 4.79 Å². The monoisotopic (exact) mass is 301 g/mol. The van der Waals surface area contributed by atoms with Crippen molar-refractivity contribution in [2.45, 2.75) is 32.6 Å². The highest BCUT2D eigenvalue weighted by Crippen LogP contribution is 2.31. The molecule has 1 aromatic heterocycles. The van der Waals surface area contributed by atoms with Gasteiger partial charge in [-0.05, 0) is 49.8 Å². The summed E-state index contributed by atoms with van der Waals surface area (Å²) in [6.45, 7) is 1.76. The minimum Gasteiger partial charge on any atom is -0.339 e. The van der Waals surface area contributed by atoms with Gasteiger partial charge in [-0.1, -0.05) is 23.7 Å². The molecule has 1 heterocycles. The molecule has 0 spiro atoms. The van der Waals surface area contributed by atoms with Gasteiger partial charge in [0, 0.05) is 5.69 Å². The average molecular weight is 302 g/mol. The van der Waals surface area contributed by atoms with Gasteiger partial charge in [-0.15, -0.1) is 0 Å². The molecule has 1 N–H and O–H groups in total. The van der Waals surface area contributed by atoms with Crippen LogP contribution in [-0.2, 0) is 12.8 Å². The molecule has 4 nitrogen and oxygen atoms in total. The van der Waals surface area contributed by atoms with Crippen LogP contribution in [0.15, 0.2) is 18.2 Å². The fraction of sp³-hybridized carbons (Fsp3) is 0.312. The lowest BCUT2D eigenvalue weighted by Crippen LogP contribution is -2.09. The Balaban J connectivity index is 2.03.